The maximum absolute atomic E-state index is 5.80. The molecule has 0 aliphatic rings. The van der Waals surface area contributed by atoms with Gasteiger partial charge in [0.2, 0.25) is 0 Å². The third-order valence-electron chi connectivity index (χ3n) is 1.80. The maximum Gasteiger partial charge on any atom is 0.174 e. The summed E-state index contributed by atoms with van der Waals surface area (Å²) < 4.78 is 4.87. The van der Waals surface area contributed by atoms with E-state index in [0.717, 1.165) is 20.5 Å². The first kappa shape index (κ1) is 9.48. The molecule has 0 saturated heterocycles. The summed E-state index contributed by atoms with van der Waals surface area (Å²) in [6.45, 7) is 1.99. The van der Waals surface area contributed by atoms with E-state index in [9.17, 15) is 0 Å². The van der Waals surface area contributed by atoms with E-state index >= 15 is 0 Å². The van der Waals surface area contributed by atoms with Gasteiger partial charge in [-0.2, -0.15) is 4.37 Å². The van der Waals surface area contributed by atoms with Crippen molar-refractivity contribution in [1.29, 1.82) is 0 Å². The molecule has 1 heterocycles. The van der Waals surface area contributed by atoms with Crippen LogP contribution in [0.15, 0.2) is 33.8 Å². The van der Waals surface area contributed by atoms with Gasteiger partial charge in [-0.15, -0.1) is 0 Å². The molecule has 0 saturated carbocycles. The zero-order valence-electron chi connectivity index (χ0n) is 7.60. The number of anilines is 1. The standard InChI is InChI=1S/C9H9N3S2/c1-6-2-3-7(4-8(6)10)13-9-11-5-12-14-9/h2-5H,10H2,1H3. The number of aromatic nitrogens is 2. The molecule has 5 heteroatoms. The Kier molecular flexibility index (Phi) is 2.69. The summed E-state index contributed by atoms with van der Waals surface area (Å²) in [5.41, 5.74) is 7.73. The van der Waals surface area contributed by atoms with Gasteiger partial charge < -0.3 is 5.73 Å². The fourth-order valence-corrected chi connectivity index (χ4v) is 2.46. The van der Waals surface area contributed by atoms with Crippen LogP contribution < -0.4 is 5.73 Å². The SMILES string of the molecule is Cc1ccc(Sc2ncns2)cc1N. The fraction of sp³-hybridized carbons (Fsp3) is 0.111. The summed E-state index contributed by atoms with van der Waals surface area (Å²) in [7, 11) is 0. The smallest absolute Gasteiger partial charge is 0.174 e. The number of nitrogens with zero attached hydrogens (tertiary/aromatic N) is 2. The van der Waals surface area contributed by atoms with E-state index in [1.807, 2.05) is 25.1 Å². The van der Waals surface area contributed by atoms with E-state index in [-0.39, 0.29) is 0 Å². The summed E-state index contributed by atoms with van der Waals surface area (Å²) >= 11 is 2.97. The summed E-state index contributed by atoms with van der Waals surface area (Å²) in [6.07, 6.45) is 1.56. The molecule has 0 unspecified atom stereocenters. The molecule has 0 bridgehead atoms. The highest BCUT2D eigenvalue weighted by Crippen LogP contribution is 2.29. The first-order valence-corrected chi connectivity index (χ1v) is 5.65. The predicted molar refractivity (Wildman–Crippen MR) is 59.6 cm³/mol. The normalized spacial score (nSPS) is 10.4. The van der Waals surface area contributed by atoms with Crippen molar-refractivity contribution in [2.24, 2.45) is 0 Å². The van der Waals surface area contributed by atoms with Crippen LogP contribution in [0.3, 0.4) is 0 Å². The van der Waals surface area contributed by atoms with Gasteiger partial charge in [-0.25, -0.2) is 4.98 Å². The first-order valence-electron chi connectivity index (χ1n) is 4.06. The molecule has 3 nitrogen and oxygen atoms in total. The molecule has 0 aliphatic carbocycles. The van der Waals surface area contributed by atoms with Crippen molar-refractivity contribution in [3.05, 3.63) is 30.1 Å². The molecule has 0 aliphatic heterocycles. The summed E-state index contributed by atoms with van der Waals surface area (Å²) in [6, 6.07) is 6.01. The van der Waals surface area contributed by atoms with Gasteiger partial charge in [0.15, 0.2) is 4.34 Å². The molecule has 2 N–H and O–H groups in total. The van der Waals surface area contributed by atoms with E-state index in [0.29, 0.717) is 0 Å². The van der Waals surface area contributed by atoms with Crippen LogP contribution in [0.5, 0.6) is 0 Å². The van der Waals surface area contributed by atoms with Crippen LogP contribution in [0.4, 0.5) is 5.69 Å². The van der Waals surface area contributed by atoms with Crippen LogP contribution in [0.1, 0.15) is 5.56 Å². The quantitative estimate of drug-likeness (QED) is 0.795. The predicted octanol–water partition coefficient (Wildman–Crippen LogP) is 2.58. The lowest BCUT2D eigenvalue weighted by molar-refractivity contribution is 1.21. The molecule has 1 aromatic carbocycles. The zero-order chi connectivity index (χ0) is 9.97. The fourth-order valence-electron chi connectivity index (χ4n) is 0.991. The Hall–Kier alpha value is -1.07. The molecule has 0 atom stereocenters. The zero-order valence-corrected chi connectivity index (χ0v) is 9.23. The van der Waals surface area contributed by atoms with Crippen molar-refractivity contribution in [2.75, 3.05) is 5.73 Å². The highest BCUT2D eigenvalue weighted by molar-refractivity contribution is 8.01. The van der Waals surface area contributed by atoms with Gasteiger partial charge in [0.05, 0.1) is 0 Å². The van der Waals surface area contributed by atoms with Gasteiger partial charge >= 0.3 is 0 Å². The molecule has 2 rings (SSSR count). The molecule has 1 aromatic heterocycles. The van der Waals surface area contributed by atoms with Crippen LogP contribution in [0.2, 0.25) is 0 Å². The van der Waals surface area contributed by atoms with Gasteiger partial charge in [0, 0.05) is 10.6 Å². The van der Waals surface area contributed by atoms with Gasteiger partial charge in [0.1, 0.15) is 6.33 Å². The largest absolute Gasteiger partial charge is 0.398 e. The number of nitrogens with two attached hydrogens (primary N) is 1. The van der Waals surface area contributed by atoms with Crippen LogP contribution in [0.25, 0.3) is 0 Å². The second-order valence-electron chi connectivity index (χ2n) is 2.83. The molecule has 0 fully saturated rings. The third kappa shape index (κ3) is 2.05. The van der Waals surface area contributed by atoms with E-state index in [4.69, 9.17) is 5.73 Å². The number of nitrogen functional groups attached to an aromatic ring is 1. The molecule has 0 radical (unpaired) electrons. The number of aryl methyl sites for hydroxylation is 1. The second kappa shape index (κ2) is 3.98. The average Bonchev–Trinajstić information content (AvgIpc) is 2.64. The Bertz CT molecular complexity index is 426. The van der Waals surface area contributed by atoms with E-state index in [2.05, 4.69) is 9.36 Å². The van der Waals surface area contributed by atoms with Crippen molar-refractivity contribution in [3.63, 3.8) is 0 Å². The minimum Gasteiger partial charge on any atom is -0.398 e. The minimum absolute atomic E-state index is 0.819. The number of rotatable bonds is 2. The van der Waals surface area contributed by atoms with Gasteiger partial charge in [-0.3, -0.25) is 0 Å². The van der Waals surface area contributed by atoms with Gasteiger partial charge in [0.25, 0.3) is 0 Å². The number of hydrogen-bond acceptors (Lipinski definition) is 5. The Labute approximate surface area is 90.5 Å². The van der Waals surface area contributed by atoms with Crippen LogP contribution in [-0.2, 0) is 0 Å². The third-order valence-corrected chi connectivity index (χ3v) is 3.50. The summed E-state index contributed by atoms with van der Waals surface area (Å²) in [4.78, 5) is 5.19. The highest BCUT2D eigenvalue weighted by atomic mass is 32.2. The Morgan fingerprint density at radius 3 is 2.93 bits per heavy atom. The van der Waals surface area contributed by atoms with Crippen molar-refractivity contribution in [3.8, 4) is 0 Å². The van der Waals surface area contributed by atoms with Crippen molar-refractivity contribution in [1.82, 2.24) is 9.36 Å². The molecule has 0 amide bonds. The second-order valence-corrected chi connectivity index (χ2v) is 4.93. The van der Waals surface area contributed by atoms with Gasteiger partial charge in [-0.1, -0.05) is 17.8 Å². The lowest BCUT2D eigenvalue weighted by Crippen LogP contribution is -1.88. The first-order chi connectivity index (χ1) is 6.75. The van der Waals surface area contributed by atoms with Crippen LogP contribution in [0, 0.1) is 6.92 Å². The molecule has 14 heavy (non-hydrogen) atoms. The summed E-state index contributed by atoms with van der Waals surface area (Å²) in [5, 5.41) is 0. The van der Waals surface area contributed by atoms with Crippen LogP contribution >= 0.6 is 23.3 Å². The molecular weight excluding hydrogens is 214 g/mol. The minimum atomic E-state index is 0.819. The van der Waals surface area contributed by atoms with Crippen LogP contribution in [-0.4, -0.2) is 9.36 Å². The molecule has 2 aromatic rings. The van der Waals surface area contributed by atoms with Crippen molar-refractivity contribution >= 4 is 29.0 Å². The number of hydrogen-bond donors (Lipinski definition) is 1. The van der Waals surface area contributed by atoms with Crippen molar-refractivity contribution in [2.45, 2.75) is 16.2 Å². The molecule has 0 spiro atoms. The highest BCUT2D eigenvalue weighted by Gasteiger charge is 2.01. The topological polar surface area (TPSA) is 51.8 Å². The lowest BCUT2D eigenvalue weighted by Gasteiger charge is -2.01. The number of benzene rings is 1. The van der Waals surface area contributed by atoms with E-state index < -0.39 is 0 Å². The van der Waals surface area contributed by atoms with E-state index in [1.54, 1.807) is 18.1 Å². The molecular formula is C9H9N3S2. The Balaban J connectivity index is 2.22. The maximum atomic E-state index is 5.80. The molecule has 72 valence electrons. The summed E-state index contributed by atoms with van der Waals surface area (Å²) in [5.74, 6) is 0. The monoisotopic (exact) mass is 223 g/mol. The van der Waals surface area contributed by atoms with E-state index in [1.165, 1.54) is 11.5 Å². The average molecular weight is 223 g/mol. The Morgan fingerprint density at radius 2 is 2.29 bits per heavy atom. The lowest BCUT2D eigenvalue weighted by atomic mass is 10.2. The Morgan fingerprint density at radius 1 is 1.43 bits per heavy atom. The van der Waals surface area contributed by atoms with Crippen molar-refractivity contribution < 1.29 is 0 Å². The van der Waals surface area contributed by atoms with Gasteiger partial charge in [-0.05, 0) is 36.2 Å².